The van der Waals surface area contributed by atoms with Crippen molar-refractivity contribution >= 4 is 28.9 Å². The zero-order valence-electron chi connectivity index (χ0n) is 6.37. The Morgan fingerprint density at radius 1 is 1.75 bits per heavy atom. The molecule has 0 saturated carbocycles. The fraction of sp³-hybridized carbons (Fsp3) is 0.286. The van der Waals surface area contributed by atoms with Crippen LogP contribution in [0.15, 0.2) is 12.1 Å². The van der Waals surface area contributed by atoms with E-state index in [-0.39, 0.29) is 0 Å². The number of rotatable bonds is 2. The van der Waals surface area contributed by atoms with Gasteiger partial charge in [-0.2, -0.15) is 0 Å². The van der Waals surface area contributed by atoms with Crippen LogP contribution in [0.5, 0.6) is 0 Å². The van der Waals surface area contributed by atoms with Crippen LogP contribution in [0.2, 0.25) is 4.34 Å². The monoisotopic (exact) mass is 205 g/mol. The molecule has 0 aliphatic carbocycles. The predicted molar refractivity (Wildman–Crippen MR) is 48.5 cm³/mol. The standard InChI is InChI=1S/C7H8ClNO2S/c1-7(9,6(10)11)4-2-3-5(8)12-4/h2-3H,9H2,1H3,(H,10,11). The van der Waals surface area contributed by atoms with E-state index in [1.807, 2.05) is 0 Å². The van der Waals surface area contributed by atoms with Crippen LogP contribution in [0.3, 0.4) is 0 Å². The van der Waals surface area contributed by atoms with Gasteiger partial charge in [0.05, 0.1) is 4.34 Å². The average Bonchev–Trinajstić information content (AvgIpc) is 2.35. The van der Waals surface area contributed by atoms with Crippen molar-refractivity contribution in [1.82, 2.24) is 0 Å². The summed E-state index contributed by atoms with van der Waals surface area (Å²) >= 11 is 6.82. The molecule has 0 saturated heterocycles. The SMILES string of the molecule is CC(N)(C(=O)O)c1ccc(Cl)s1. The maximum atomic E-state index is 10.7. The lowest BCUT2D eigenvalue weighted by Gasteiger charge is -2.16. The molecule has 1 aromatic rings. The molecule has 3 nitrogen and oxygen atoms in total. The van der Waals surface area contributed by atoms with E-state index in [1.54, 1.807) is 12.1 Å². The van der Waals surface area contributed by atoms with Gasteiger partial charge < -0.3 is 10.8 Å². The van der Waals surface area contributed by atoms with Gasteiger partial charge in [-0.15, -0.1) is 11.3 Å². The van der Waals surface area contributed by atoms with Crippen molar-refractivity contribution in [3.05, 3.63) is 21.3 Å². The van der Waals surface area contributed by atoms with Crippen LogP contribution in [0.1, 0.15) is 11.8 Å². The minimum absolute atomic E-state index is 0.544. The summed E-state index contributed by atoms with van der Waals surface area (Å²) in [7, 11) is 0. The maximum absolute atomic E-state index is 10.7. The third-order valence-electron chi connectivity index (χ3n) is 1.53. The second-order valence-corrected chi connectivity index (χ2v) is 4.33. The molecule has 0 bridgehead atoms. The number of hydrogen-bond acceptors (Lipinski definition) is 3. The number of carboxylic acid groups (broad SMARTS) is 1. The van der Waals surface area contributed by atoms with Crippen molar-refractivity contribution < 1.29 is 9.90 Å². The summed E-state index contributed by atoms with van der Waals surface area (Å²) < 4.78 is 0.544. The van der Waals surface area contributed by atoms with Crippen molar-refractivity contribution in [3.8, 4) is 0 Å². The van der Waals surface area contributed by atoms with Crippen LogP contribution in [0.4, 0.5) is 0 Å². The van der Waals surface area contributed by atoms with E-state index in [2.05, 4.69) is 0 Å². The third kappa shape index (κ3) is 1.60. The van der Waals surface area contributed by atoms with Gasteiger partial charge in [-0.25, -0.2) is 4.79 Å². The van der Waals surface area contributed by atoms with Gasteiger partial charge >= 0.3 is 5.97 Å². The second kappa shape index (κ2) is 3.05. The zero-order valence-corrected chi connectivity index (χ0v) is 7.95. The topological polar surface area (TPSA) is 63.3 Å². The largest absolute Gasteiger partial charge is 0.480 e. The molecule has 0 aromatic carbocycles. The normalized spacial score (nSPS) is 15.6. The van der Waals surface area contributed by atoms with Gasteiger partial charge in [-0.3, -0.25) is 0 Å². The molecule has 0 aliphatic heterocycles. The summed E-state index contributed by atoms with van der Waals surface area (Å²) in [6, 6.07) is 3.26. The Balaban J connectivity index is 3.05. The Labute approximate surface area is 78.8 Å². The van der Waals surface area contributed by atoms with Crippen molar-refractivity contribution in [2.45, 2.75) is 12.5 Å². The van der Waals surface area contributed by atoms with E-state index in [1.165, 1.54) is 18.3 Å². The molecule has 1 atom stereocenters. The molecule has 0 fully saturated rings. The fourth-order valence-corrected chi connectivity index (χ4v) is 1.79. The van der Waals surface area contributed by atoms with E-state index in [0.29, 0.717) is 9.21 Å². The first-order valence-electron chi connectivity index (χ1n) is 3.22. The molecule has 1 rings (SSSR count). The Hall–Kier alpha value is -0.580. The Morgan fingerprint density at radius 2 is 2.33 bits per heavy atom. The molecule has 5 heteroatoms. The molecule has 0 amide bonds. The molecular weight excluding hydrogens is 198 g/mol. The number of carbonyl (C=O) groups is 1. The first kappa shape index (κ1) is 9.51. The molecule has 0 radical (unpaired) electrons. The van der Waals surface area contributed by atoms with Gasteiger partial charge in [0.25, 0.3) is 0 Å². The van der Waals surface area contributed by atoms with Crippen LogP contribution < -0.4 is 5.73 Å². The van der Waals surface area contributed by atoms with Crippen LogP contribution in [0.25, 0.3) is 0 Å². The maximum Gasteiger partial charge on any atom is 0.328 e. The first-order valence-corrected chi connectivity index (χ1v) is 4.42. The van der Waals surface area contributed by atoms with E-state index < -0.39 is 11.5 Å². The summed E-state index contributed by atoms with van der Waals surface area (Å²) in [6.45, 7) is 1.44. The van der Waals surface area contributed by atoms with Crippen molar-refractivity contribution in [2.75, 3.05) is 0 Å². The Morgan fingerprint density at radius 3 is 2.67 bits per heavy atom. The predicted octanol–water partition coefficient (Wildman–Crippen LogP) is 1.66. The summed E-state index contributed by atoms with van der Waals surface area (Å²) in [5.41, 5.74) is 4.21. The molecule has 3 N–H and O–H groups in total. The number of thiophene rings is 1. The Bertz CT molecular complexity index is 308. The highest BCUT2D eigenvalue weighted by Crippen LogP contribution is 2.29. The van der Waals surface area contributed by atoms with Gasteiger partial charge in [-0.05, 0) is 19.1 Å². The van der Waals surface area contributed by atoms with Crippen LogP contribution in [-0.2, 0) is 10.3 Å². The van der Waals surface area contributed by atoms with E-state index in [9.17, 15) is 4.79 Å². The molecule has 0 aliphatic rings. The number of nitrogens with two attached hydrogens (primary N) is 1. The van der Waals surface area contributed by atoms with Crippen LogP contribution in [-0.4, -0.2) is 11.1 Å². The smallest absolute Gasteiger partial charge is 0.328 e. The van der Waals surface area contributed by atoms with Crippen molar-refractivity contribution in [3.63, 3.8) is 0 Å². The van der Waals surface area contributed by atoms with Gasteiger partial charge in [0.1, 0.15) is 5.54 Å². The minimum atomic E-state index is -1.34. The highest BCUT2D eigenvalue weighted by Gasteiger charge is 2.31. The lowest BCUT2D eigenvalue weighted by atomic mass is 10.0. The summed E-state index contributed by atoms with van der Waals surface area (Å²) in [4.78, 5) is 11.2. The van der Waals surface area contributed by atoms with Gasteiger partial charge in [0.15, 0.2) is 0 Å². The summed E-state index contributed by atoms with van der Waals surface area (Å²) in [5, 5.41) is 8.74. The van der Waals surface area contributed by atoms with E-state index >= 15 is 0 Å². The lowest BCUT2D eigenvalue weighted by molar-refractivity contribution is -0.142. The van der Waals surface area contributed by atoms with Gasteiger partial charge in [0, 0.05) is 4.88 Å². The Kier molecular flexibility index (Phi) is 2.41. The van der Waals surface area contributed by atoms with Gasteiger partial charge in [-0.1, -0.05) is 11.6 Å². The zero-order chi connectivity index (χ0) is 9.35. The third-order valence-corrected chi connectivity index (χ3v) is 3.00. The molecule has 1 aromatic heterocycles. The molecule has 66 valence electrons. The van der Waals surface area contributed by atoms with E-state index in [4.69, 9.17) is 22.4 Å². The quantitative estimate of drug-likeness (QED) is 0.772. The van der Waals surface area contributed by atoms with Crippen LogP contribution >= 0.6 is 22.9 Å². The molecule has 12 heavy (non-hydrogen) atoms. The second-order valence-electron chi connectivity index (χ2n) is 2.61. The fourth-order valence-electron chi connectivity index (χ4n) is 0.699. The van der Waals surface area contributed by atoms with E-state index in [0.717, 1.165) is 0 Å². The lowest BCUT2D eigenvalue weighted by Crippen LogP contribution is -2.40. The highest BCUT2D eigenvalue weighted by atomic mass is 35.5. The number of aliphatic carboxylic acids is 1. The molecular formula is C7H8ClNO2S. The number of carboxylic acids is 1. The van der Waals surface area contributed by atoms with Crippen LogP contribution in [0, 0.1) is 0 Å². The van der Waals surface area contributed by atoms with Crippen molar-refractivity contribution in [1.29, 1.82) is 0 Å². The molecule has 0 spiro atoms. The number of halogens is 1. The van der Waals surface area contributed by atoms with Gasteiger partial charge in [0.2, 0.25) is 0 Å². The molecule has 1 unspecified atom stereocenters. The summed E-state index contributed by atoms with van der Waals surface area (Å²) in [5.74, 6) is -1.05. The summed E-state index contributed by atoms with van der Waals surface area (Å²) in [6.07, 6.45) is 0. The highest BCUT2D eigenvalue weighted by molar-refractivity contribution is 7.16. The average molecular weight is 206 g/mol. The number of hydrogen-bond donors (Lipinski definition) is 2. The first-order chi connectivity index (χ1) is 5.44. The van der Waals surface area contributed by atoms with Crippen molar-refractivity contribution in [2.24, 2.45) is 5.73 Å². The molecule has 1 heterocycles. The minimum Gasteiger partial charge on any atom is -0.480 e.